The van der Waals surface area contributed by atoms with E-state index in [0.717, 1.165) is 11.1 Å². The van der Waals surface area contributed by atoms with Gasteiger partial charge in [0.25, 0.3) is 0 Å². The highest BCUT2D eigenvalue weighted by molar-refractivity contribution is 8.04. The van der Waals surface area contributed by atoms with E-state index in [2.05, 4.69) is 5.32 Å². The number of aryl methyl sites for hydroxylation is 1. The number of Topliss-reactive ketones (excluding diaryl/α,β-unsaturated/α-hetero) is 1. The topological polar surface area (TPSA) is 70.0 Å². The number of carbonyl (C=O) groups excluding carboxylic acids is 2. The van der Waals surface area contributed by atoms with Gasteiger partial charge >= 0.3 is 0 Å². The average Bonchev–Trinajstić information content (AvgIpc) is 2.75. The number of nitrogens with zero attached hydrogens (tertiary/aromatic N) is 1. The molecule has 0 unspecified atom stereocenters. The molecule has 6 heteroatoms. The first-order chi connectivity index (χ1) is 9.92. The van der Waals surface area contributed by atoms with Crippen molar-refractivity contribution in [2.24, 2.45) is 0 Å². The monoisotopic (exact) mass is 320 g/mol. The zero-order chi connectivity index (χ0) is 15.6. The highest BCUT2D eigenvalue weighted by Crippen LogP contribution is 2.32. The number of halogens is 1. The van der Waals surface area contributed by atoms with E-state index in [-0.39, 0.29) is 22.5 Å². The highest BCUT2D eigenvalue weighted by atomic mass is 35.5. The number of benzene rings is 1. The maximum Gasteiger partial charge on any atom is 0.238 e. The van der Waals surface area contributed by atoms with E-state index in [1.807, 2.05) is 31.2 Å². The molecule has 1 aliphatic rings. The Bertz CT molecular complexity index is 691. The molecule has 1 aromatic carbocycles. The lowest BCUT2D eigenvalue weighted by Gasteiger charge is -2.07. The molecule has 0 saturated carbocycles. The van der Waals surface area contributed by atoms with Crippen molar-refractivity contribution < 1.29 is 9.59 Å². The van der Waals surface area contributed by atoms with Crippen molar-refractivity contribution in [1.29, 1.82) is 5.26 Å². The normalized spacial score (nSPS) is 19.9. The third kappa shape index (κ3) is 3.46. The summed E-state index contributed by atoms with van der Waals surface area (Å²) < 4.78 is 0. The van der Waals surface area contributed by atoms with Gasteiger partial charge in [-0.2, -0.15) is 5.26 Å². The Morgan fingerprint density at radius 3 is 2.81 bits per heavy atom. The zero-order valence-electron chi connectivity index (χ0n) is 11.6. The lowest BCUT2D eigenvalue weighted by molar-refractivity contribution is -0.119. The second-order valence-corrected chi connectivity index (χ2v) is 6.38. The third-order valence-electron chi connectivity index (χ3n) is 3.14. The molecule has 0 radical (unpaired) electrons. The van der Waals surface area contributed by atoms with Crippen molar-refractivity contribution in [3.05, 3.63) is 45.0 Å². The number of nitriles is 1. The van der Waals surface area contributed by atoms with Crippen molar-refractivity contribution in [3.8, 4) is 6.07 Å². The summed E-state index contributed by atoms with van der Waals surface area (Å²) in [5.74, 6) is -0.542. The van der Waals surface area contributed by atoms with Crippen LogP contribution in [-0.4, -0.2) is 16.9 Å². The summed E-state index contributed by atoms with van der Waals surface area (Å²) in [6.07, 6.45) is 0.497. The highest BCUT2D eigenvalue weighted by Gasteiger charge is 2.32. The summed E-state index contributed by atoms with van der Waals surface area (Å²) in [6.45, 7) is 3.22. The Labute approximate surface area is 132 Å². The standard InChI is InChI=1S/C15H13ClN2O2S/c1-8-3-4-10(5-12(8)16)6-13-14(20)18-15(21-13)11(7-17)9(2)19/h3-5,13H,6H2,1-2H3,(H,18,20)/b15-11+/t13-/m0/s1. The number of rotatable bonds is 3. The van der Waals surface area contributed by atoms with Gasteiger partial charge in [0.2, 0.25) is 5.91 Å². The van der Waals surface area contributed by atoms with Crippen LogP contribution < -0.4 is 5.32 Å². The summed E-state index contributed by atoms with van der Waals surface area (Å²) in [7, 11) is 0. The molecule has 2 rings (SSSR count). The van der Waals surface area contributed by atoms with E-state index in [1.165, 1.54) is 18.7 Å². The van der Waals surface area contributed by atoms with E-state index in [4.69, 9.17) is 16.9 Å². The minimum atomic E-state index is -0.360. The van der Waals surface area contributed by atoms with Gasteiger partial charge in [0.1, 0.15) is 11.6 Å². The predicted molar refractivity (Wildman–Crippen MR) is 82.7 cm³/mol. The predicted octanol–water partition coefficient (Wildman–Crippen LogP) is 2.75. The van der Waals surface area contributed by atoms with Gasteiger partial charge in [-0.3, -0.25) is 9.59 Å². The van der Waals surface area contributed by atoms with Crippen LogP contribution in [-0.2, 0) is 16.0 Å². The molecule has 1 atom stereocenters. The summed E-state index contributed by atoms with van der Waals surface area (Å²) in [5, 5.41) is 12.2. The molecular formula is C15H13ClN2O2S. The lowest BCUT2D eigenvalue weighted by Crippen LogP contribution is -2.24. The molecule has 1 heterocycles. The van der Waals surface area contributed by atoms with E-state index in [9.17, 15) is 9.59 Å². The van der Waals surface area contributed by atoms with E-state index in [1.54, 1.807) is 0 Å². The summed E-state index contributed by atoms with van der Waals surface area (Å²) in [6, 6.07) is 7.50. The molecule has 1 saturated heterocycles. The summed E-state index contributed by atoms with van der Waals surface area (Å²) >= 11 is 7.29. The Hall–Kier alpha value is -1.77. The second-order valence-electron chi connectivity index (χ2n) is 4.76. The molecule has 0 aromatic heterocycles. The fraction of sp³-hybridized carbons (Fsp3) is 0.267. The van der Waals surface area contributed by atoms with Crippen LogP contribution in [0, 0.1) is 18.3 Å². The Morgan fingerprint density at radius 2 is 2.24 bits per heavy atom. The second kappa shape index (κ2) is 6.33. The smallest absolute Gasteiger partial charge is 0.238 e. The number of nitrogens with one attached hydrogen (secondary N) is 1. The van der Waals surface area contributed by atoms with Crippen LogP contribution in [0.3, 0.4) is 0 Å². The first-order valence-corrected chi connectivity index (χ1v) is 7.56. The molecule has 1 N–H and O–H groups in total. The van der Waals surface area contributed by atoms with Crippen molar-refractivity contribution in [2.75, 3.05) is 0 Å². The van der Waals surface area contributed by atoms with Crippen LogP contribution in [0.2, 0.25) is 5.02 Å². The number of thioether (sulfide) groups is 1. The quantitative estimate of drug-likeness (QED) is 0.686. The third-order valence-corrected chi connectivity index (χ3v) is 4.75. The molecule has 0 aliphatic carbocycles. The van der Waals surface area contributed by atoms with Gasteiger partial charge in [-0.1, -0.05) is 35.5 Å². The Kier molecular flexibility index (Phi) is 4.71. The largest absolute Gasteiger partial charge is 0.318 e. The van der Waals surface area contributed by atoms with Crippen LogP contribution in [0.25, 0.3) is 0 Å². The molecule has 0 bridgehead atoms. The molecule has 21 heavy (non-hydrogen) atoms. The molecule has 108 valence electrons. The SMILES string of the molecule is CC(=O)/C(C#N)=C1\NC(=O)[C@H](Cc2ccc(C)c(Cl)c2)S1. The average molecular weight is 321 g/mol. The van der Waals surface area contributed by atoms with Crippen molar-refractivity contribution in [3.63, 3.8) is 0 Å². The van der Waals surface area contributed by atoms with Gasteiger partial charge in [-0.25, -0.2) is 0 Å². The minimum Gasteiger partial charge on any atom is -0.318 e. The van der Waals surface area contributed by atoms with Crippen LogP contribution in [0.1, 0.15) is 18.1 Å². The number of ketones is 1. The van der Waals surface area contributed by atoms with Gasteiger partial charge in [0, 0.05) is 5.02 Å². The number of amides is 1. The van der Waals surface area contributed by atoms with Crippen molar-refractivity contribution in [1.82, 2.24) is 5.32 Å². The number of carbonyl (C=O) groups is 2. The number of allylic oxidation sites excluding steroid dienone is 1. The van der Waals surface area contributed by atoms with Crippen molar-refractivity contribution >= 4 is 35.1 Å². The molecule has 0 spiro atoms. The first-order valence-electron chi connectivity index (χ1n) is 6.30. The van der Waals surface area contributed by atoms with Crippen LogP contribution in [0.5, 0.6) is 0 Å². The van der Waals surface area contributed by atoms with E-state index < -0.39 is 0 Å². The van der Waals surface area contributed by atoms with Crippen molar-refractivity contribution in [2.45, 2.75) is 25.5 Å². The molecule has 1 amide bonds. The van der Waals surface area contributed by atoms with Gasteiger partial charge in [0.15, 0.2) is 5.78 Å². The maximum absolute atomic E-state index is 12.0. The zero-order valence-corrected chi connectivity index (χ0v) is 13.1. The fourth-order valence-electron chi connectivity index (χ4n) is 1.94. The van der Waals surface area contributed by atoms with Gasteiger partial charge in [0.05, 0.1) is 10.3 Å². The van der Waals surface area contributed by atoms with Crippen LogP contribution >= 0.6 is 23.4 Å². The number of hydrogen-bond acceptors (Lipinski definition) is 4. The fourth-order valence-corrected chi connectivity index (χ4v) is 3.34. The van der Waals surface area contributed by atoms with E-state index in [0.29, 0.717) is 16.5 Å². The maximum atomic E-state index is 12.0. The summed E-state index contributed by atoms with van der Waals surface area (Å²) in [4.78, 5) is 23.3. The molecule has 4 nitrogen and oxygen atoms in total. The molecular weight excluding hydrogens is 308 g/mol. The van der Waals surface area contributed by atoms with Crippen LogP contribution in [0.4, 0.5) is 0 Å². The van der Waals surface area contributed by atoms with Crippen LogP contribution in [0.15, 0.2) is 28.8 Å². The van der Waals surface area contributed by atoms with E-state index >= 15 is 0 Å². The lowest BCUT2D eigenvalue weighted by atomic mass is 10.1. The van der Waals surface area contributed by atoms with Gasteiger partial charge in [-0.15, -0.1) is 0 Å². The van der Waals surface area contributed by atoms with Gasteiger partial charge < -0.3 is 5.32 Å². The van der Waals surface area contributed by atoms with Gasteiger partial charge in [-0.05, 0) is 37.5 Å². The molecule has 1 aliphatic heterocycles. The Balaban J connectivity index is 2.20. The Morgan fingerprint density at radius 1 is 1.52 bits per heavy atom. The minimum absolute atomic E-state index is 0.00205. The molecule has 1 aromatic rings. The summed E-state index contributed by atoms with van der Waals surface area (Å²) in [5.41, 5.74) is 1.92. The number of hydrogen-bond donors (Lipinski definition) is 1. The first kappa shape index (κ1) is 15.6. The molecule has 1 fully saturated rings.